The van der Waals surface area contributed by atoms with E-state index < -0.39 is 23.3 Å². The Morgan fingerprint density at radius 3 is 2.47 bits per heavy atom. The maximum absolute atomic E-state index is 11.5. The molecule has 1 aromatic heterocycles. The zero-order valence-corrected chi connectivity index (χ0v) is 8.02. The van der Waals surface area contributed by atoms with Gasteiger partial charge in [-0.15, -0.1) is 0 Å². The van der Waals surface area contributed by atoms with Crippen LogP contribution in [0.1, 0.15) is 12.7 Å². The fourth-order valence-corrected chi connectivity index (χ4v) is 1.45. The van der Waals surface area contributed by atoms with E-state index in [0.717, 1.165) is 0 Å². The third-order valence-corrected chi connectivity index (χ3v) is 2.35. The monoisotopic (exact) mass is 204 g/mol. The van der Waals surface area contributed by atoms with Gasteiger partial charge in [-0.1, -0.05) is 0 Å². The summed E-state index contributed by atoms with van der Waals surface area (Å²) < 4.78 is 4.97. The van der Waals surface area contributed by atoms with Crippen LogP contribution in [-0.2, 0) is 14.4 Å². The molecular weight excluding hydrogens is 196 g/mol. The van der Waals surface area contributed by atoms with Crippen LogP contribution in [0.25, 0.3) is 6.08 Å². The van der Waals surface area contributed by atoms with Gasteiger partial charge in [0.25, 0.3) is 0 Å². The Balaban J connectivity index is 2.43. The first-order chi connectivity index (χ1) is 7.11. The molecule has 0 amide bonds. The molecule has 1 aliphatic carbocycles. The number of furan rings is 1. The van der Waals surface area contributed by atoms with E-state index in [9.17, 15) is 14.4 Å². The minimum absolute atomic E-state index is 0.0811. The molecule has 15 heavy (non-hydrogen) atoms. The summed E-state index contributed by atoms with van der Waals surface area (Å²) in [4.78, 5) is 34.1. The van der Waals surface area contributed by atoms with E-state index in [0.29, 0.717) is 5.76 Å². The Kier molecular flexibility index (Phi) is 2.11. The van der Waals surface area contributed by atoms with Gasteiger partial charge in [-0.05, 0) is 25.1 Å². The Bertz CT molecular complexity index is 465. The summed E-state index contributed by atoms with van der Waals surface area (Å²) in [5, 5.41) is 0. The molecule has 1 saturated carbocycles. The number of hydrogen-bond donors (Lipinski definition) is 0. The molecule has 1 aliphatic rings. The molecule has 76 valence electrons. The number of carbonyl (C=O) groups is 3. The highest BCUT2D eigenvalue weighted by Crippen LogP contribution is 2.22. The van der Waals surface area contributed by atoms with Gasteiger partial charge in [0.15, 0.2) is 5.78 Å². The Labute approximate surface area is 85.6 Å². The van der Waals surface area contributed by atoms with Gasteiger partial charge >= 0.3 is 0 Å². The Morgan fingerprint density at radius 1 is 1.27 bits per heavy atom. The highest BCUT2D eigenvalue weighted by molar-refractivity contribution is 6.60. The van der Waals surface area contributed by atoms with E-state index in [2.05, 4.69) is 0 Å². The van der Waals surface area contributed by atoms with Crippen LogP contribution in [0.3, 0.4) is 0 Å². The fraction of sp³-hybridized carbons (Fsp3) is 0.182. The molecule has 0 aliphatic heterocycles. The van der Waals surface area contributed by atoms with Crippen molar-refractivity contribution >= 4 is 23.4 Å². The van der Waals surface area contributed by atoms with Gasteiger partial charge < -0.3 is 4.42 Å². The predicted octanol–water partition coefficient (Wildman–Crippen LogP) is 1.02. The number of allylic oxidation sites excluding steroid dienone is 1. The SMILES string of the molecule is CC1C(=O)C(=O)/C(=C\c2ccco2)C1=O. The van der Waals surface area contributed by atoms with Crippen molar-refractivity contribution in [3.63, 3.8) is 0 Å². The number of ketones is 3. The van der Waals surface area contributed by atoms with E-state index in [1.807, 2.05) is 0 Å². The highest BCUT2D eigenvalue weighted by atomic mass is 16.3. The molecule has 2 rings (SSSR count). The molecular formula is C11H8O4. The van der Waals surface area contributed by atoms with E-state index in [4.69, 9.17) is 4.42 Å². The van der Waals surface area contributed by atoms with E-state index in [1.54, 1.807) is 12.1 Å². The summed E-state index contributed by atoms with van der Waals surface area (Å²) in [7, 11) is 0. The number of carbonyl (C=O) groups excluding carboxylic acids is 3. The van der Waals surface area contributed by atoms with Crippen LogP contribution in [0, 0.1) is 5.92 Å². The molecule has 0 radical (unpaired) electrons. The normalized spacial score (nSPS) is 24.2. The lowest BCUT2D eigenvalue weighted by atomic mass is 10.1. The van der Waals surface area contributed by atoms with Crippen LogP contribution in [0.2, 0.25) is 0 Å². The van der Waals surface area contributed by atoms with Gasteiger partial charge in [0.1, 0.15) is 5.76 Å². The lowest BCUT2D eigenvalue weighted by molar-refractivity contribution is -0.135. The van der Waals surface area contributed by atoms with Gasteiger partial charge in [0, 0.05) is 0 Å². The van der Waals surface area contributed by atoms with Crippen LogP contribution in [0.15, 0.2) is 28.4 Å². The first-order valence-corrected chi connectivity index (χ1v) is 4.49. The fourth-order valence-electron chi connectivity index (χ4n) is 1.45. The van der Waals surface area contributed by atoms with E-state index in [1.165, 1.54) is 19.3 Å². The third kappa shape index (κ3) is 1.44. The number of hydrogen-bond acceptors (Lipinski definition) is 4. The Hall–Kier alpha value is -1.97. The molecule has 4 heteroatoms. The summed E-state index contributed by atoms with van der Waals surface area (Å²) in [6, 6.07) is 3.25. The molecule has 0 spiro atoms. The van der Waals surface area contributed by atoms with Gasteiger partial charge in [0.2, 0.25) is 11.6 Å². The van der Waals surface area contributed by atoms with Gasteiger partial charge in [-0.3, -0.25) is 14.4 Å². The van der Waals surface area contributed by atoms with Crippen LogP contribution < -0.4 is 0 Å². The largest absolute Gasteiger partial charge is 0.465 e. The topological polar surface area (TPSA) is 64.3 Å². The second-order valence-corrected chi connectivity index (χ2v) is 3.35. The van der Waals surface area contributed by atoms with Crippen molar-refractivity contribution in [3.05, 3.63) is 29.7 Å². The van der Waals surface area contributed by atoms with Crippen molar-refractivity contribution < 1.29 is 18.8 Å². The highest BCUT2D eigenvalue weighted by Gasteiger charge is 2.41. The molecule has 1 heterocycles. The summed E-state index contributed by atoms with van der Waals surface area (Å²) in [6.07, 6.45) is 2.74. The summed E-state index contributed by atoms with van der Waals surface area (Å²) in [5.41, 5.74) is -0.0811. The average Bonchev–Trinajstić information content (AvgIpc) is 2.79. The maximum atomic E-state index is 11.5. The van der Waals surface area contributed by atoms with Crippen molar-refractivity contribution in [2.75, 3.05) is 0 Å². The smallest absolute Gasteiger partial charge is 0.233 e. The van der Waals surface area contributed by atoms with Gasteiger partial charge in [-0.25, -0.2) is 0 Å². The first kappa shape index (κ1) is 9.58. The van der Waals surface area contributed by atoms with Crippen molar-refractivity contribution in [3.8, 4) is 0 Å². The van der Waals surface area contributed by atoms with Crippen LogP contribution in [0.4, 0.5) is 0 Å². The quantitative estimate of drug-likeness (QED) is 0.296. The van der Waals surface area contributed by atoms with Crippen molar-refractivity contribution in [1.29, 1.82) is 0 Å². The summed E-state index contributed by atoms with van der Waals surface area (Å²) >= 11 is 0. The molecule has 1 unspecified atom stereocenters. The zero-order valence-electron chi connectivity index (χ0n) is 8.02. The molecule has 1 aromatic rings. The molecule has 4 nitrogen and oxygen atoms in total. The number of rotatable bonds is 1. The lowest BCUT2D eigenvalue weighted by Crippen LogP contribution is -2.12. The molecule has 1 fully saturated rings. The van der Waals surface area contributed by atoms with Gasteiger partial charge in [0.05, 0.1) is 17.8 Å². The minimum atomic E-state index is -0.848. The summed E-state index contributed by atoms with van der Waals surface area (Å²) in [6.45, 7) is 1.44. The lowest BCUT2D eigenvalue weighted by Gasteiger charge is -1.91. The maximum Gasteiger partial charge on any atom is 0.233 e. The molecule has 0 N–H and O–H groups in total. The Morgan fingerprint density at radius 2 is 2.00 bits per heavy atom. The third-order valence-electron chi connectivity index (χ3n) is 2.35. The molecule has 0 saturated heterocycles. The summed E-state index contributed by atoms with van der Waals surface area (Å²) in [5.74, 6) is -2.24. The average molecular weight is 204 g/mol. The zero-order chi connectivity index (χ0) is 11.0. The molecule has 0 aromatic carbocycles. The van der Waals surface area contributed by atoms with Crippen molar-refractivity contribution in [2.45, 2.75) is 6.92 Å². The van der Waals surface area contributed by atoms with Crippen LogP contribution in [0.5, 0.6) is 0 Å². The van der Waals surface area contributed by atoms with E-state index >= 15 is 0 Å². The number of Topliss-reactive ketones (excluding diaryl/α,β-unsaturated/α-hetero) is 3. The van der Waals surface area contributed by atoms with Crippen molar-refractivity contribution in [1.82, 2.24) is 0 Å². The first-order valence-electron chi connectivity index (χ1n) is 4.49. The predicted molar refractivity (Wildman–Crippen MR) is 50.9 cm³/mol. The standard InChI is InChI=1S/C11H8O4/c1-6-9(12)8(11(14)10(6)13)5-7-3-2-4-15-7/h2-6H,1H3/b8-5-. The second-order valence-electron chi connectivity index (χ2n) is 3.35. The van der Waals surface area contributed by atoms with Crippen LogP contribution >= 0.6 is 0 Å². The molecule has 0 bridgehead atoms. The minimum Gasteiger partial charge on any atom is -0.465 e. The van der Waals surface area contributed by atoms with Gasteiger partial charge in [-0.2, -0.15) is 0 Å². The van der Waals surface area contributed by atoms with Crippen LogP contribution in [-0.4, -0.2) is 17.3 Å². The second kappa shape index (κ2) is 3.31. The van der Waals surface area contributed by atoms with Crippen molar-refractivity contribution in [2.24, 2.45) is 5.92 Å². The molecule has 1 atom stereocenters. The van der Waals surface area contributed by atoms with E-state index in [-0.39, 0.29) is 5.57 Å².